The maximum Gasteiger partial charge on any atom is 0.389 e. The van der Waals surface area contributed by atoms with Crippen molar-refractivity contribution in [1.82, 2.24) is 14.9 Å². The van der Waals surface area contributed by atoms with Crippen LogP contribution in [-0.2, 0) is 6.54 Å². The predicted octanol–water partition coefficient (Wildman–Crippen LogP) is 3.75. The Balaban J connectivity index is 2.06. The largest absolute Gasteiger partial charge is 0.389 e. The van der Waals surface area contributed by atoms with Crippen LogP contribution in [0.3, 0.4) is 0 Å². The molecule has 116 valence electrons. The van der Waals surface area contributed by atoms with Crippen LogP contribution in [0.15, 0.2) is 30.6 Å². The predicted molar refractivity (Wildman–Crippen MR) is 77.1 cm³/mol. The van der Waals surface area contributed by atoms with Gasteiger partial charge in [0.2, 0.25) is 0 Å². The first-order chi connectivity index (χ1) is 9.99. The first kappa shape index (κ1) is 15.8. The quantitative estimate of drug-likeness (QED) is 0.844. The number of para-hydroxylation sites is 2. The molecule has 2 rings (SSSR count). The zero-order valence-corrected chi connectivity index (χ0v) is 12.0. The van der Waals surface area contributed by atoms with Crippen LogP contribution in [0.4, 0.5) is 13.2 Å². The number of benzene rings is 1. The zero-order chi connectivity index (χ0) is 15.3. The molecule has 0 bridgehead atoms. The van der Waals surface area contributed by atoms with E-state index >= 15 is 0 Å². The zero-order valence-electron chi connectivity index (χ0n) is 12.0. The summed E-state index contributed by atoms with van der Waals surface area (Å²) >= 11 is 0. The van der Waals surface area contributed by atoms with Gasteiger partial charge in [0.1, 0.15) is 0 Å². The molecule has 2 aromatic rings. The van der Waals surface area contributed by atoms with Gasteiger partial charge in [-0.25, -0.2) is 4.98 Å². The molecule has 6 heteroatoms. The number of imidazole rings is 1. The molecular weight excluding hydrogens is 279 g/mol. The van der Waals surface area contributed by atoms with Gasteiger partial charge in [0.25, 0.3) is 0 Å². The van der Waals surface area contributed by atoms with Gasteiger partial charge in [-0.15, -0.1) is 0 Å². The second kappa shape index (κ2) is 6.93. The number of halogens is 3. The Kier molecular flexibility index (Phi) is 5.22. The van der Waals surface area contributed by atoms with E-state index in [-0.39, 0.29) is 12.5 Å². The van der Waals surface area contributed by atoms with Crippen molar-refractivity contribution in [2.45, 2.75) is 44.9 Å². The third-order valence-electron chi connectivity index (χ3n) is 3.40. The fourth-order valence-electron chi connectivity index (χ4n) is 2.34. The molecule has 1 aromatic heterocycles. The van der Waals surface area contributed by atoms with E-state index in [1.807, 2.05) is 35.8 Å². The van der Waals surface area contributed by atoms with Crippen LogP contribution in [0.25, 0.3) is 11.0 Å². The summed E-state index contributed by atoms with van der Waals surface area (Å²) in [6.45, 7) is 3.21. The van der Waals surface area contributed by atoms with Crippen LogP contribution in [0, 0.1) is 0 Å². The van der Waals surface area contributed by atoms with Gasteiger partial charge in [0, 0.05) is 19.0 Å². The van der Waals surface area contributed by atoms with Crippen molar-refractivity contribution in [3.63, 3.8) is 0 Å². The molecule has 0 aliphatic heterocycles. The Morgan fingerprint density at radius 3 is 2.76 bits per heavy atom. The van der Waals surface area contributed by atoms with E-state index < -0.39 is 12.6 Å². The van der Waals surface area contributed by atoms with Crippen LogP contribution in [0.5, 0.6) is 0 Å². The lowest BCUT2D eigenvalue weighted by atomic mass is 10.1. The van der Waals surface area contributed by atoms with Crippen molar-refractivity contribution in [3.8, 4) is 0 Å². The Morgan fingerprint density at radius 1 is 1.29 bits per heavy atom. The van der Waals surface area contributed by atoms with E-state index in [4.69, 9.17) is 0 Å². The van der Waals surface area contributed by atoms with Crippen molar-refractivity contribution >= 4 is 11.0 Å². The Hall–Kier alpha value is -1.56. The van der Waals surface area contributed by atoms with Crippen LogP contribution in [0.1, 0.15) is 26.2 Å². The molecule has 1 heterocycles. The van der Waals surface area contributed by atoms with Gasteiger partial charge in [0.05, 0.1) is 17.4 Å². The minimum Gasteiger partial charge on any atom is -0.329 e. The number of hydrogen-bond donors (Lipinski definition) is 1. The molecule has 0 aliphatic rings. The molecule has 0 spiro atoms. The standard InChI is InChI=1S/C15H20F3N3/c1-2-9-19-12(7-8-15(16,17)18)10-21-11-20-13-5-3-4-6-14(13)21/h3-6,11-12,19H,2,7-10H2,1H3. The molecule has 0 aliphatic carbocycles. The summed E-state index contributed by atoms with van der Waals surface area (Å²) in [7, 11) is 0. The highest BCUT2D eigenvalue weighted by molar-refractivity contribution is 5.74. The lowest BCUT2D eigenvalue weighted by molar-refractivity contribution is -0.136. The Bertz CT molecular complexity index is 563. The lowest BCUT2D eigenvalue weighted by Crippen LogP contribution is -2.34. The molecule has 1 unspecified atom stereocenters. The first-order valence-corrected chi connectivity index (χ1v) is 7.19. The molecule has 3 nitrogen and oxygen atoms in total. The number of aromatic nitrogens is 2. The van der Waals surface area contributed by atoms with Crippen LogP contribution in [-0.4, -0.2) is 28.3 Å². The highest BCUT2D eigenvalue weighted by Crippen LogP contribution is 2.23. The normalized spacial score (nSPS) is 13.7. The van der Waals surface area contributed by atoms with Crippen molar-refractivity contribution < 1.29 is 13.2 Å². The minimum atomic E-state index is -4.11. The molecule has 1 N–H and O–H groups in total. The average Bonchev–Trinajstić information content (AvgIpc) is 2.84. The number of hydrogen-bond acceptors (Lipinski definition) is 2. The SMILES string of the molecule is CCCNC(CCC(F)(F)F)Cn1cnc2ccccc21. The number of nitrogens with zero attached hydrogens (tertiary/aromatic N) is 2. The fraction of sp³-hybridized carbons (Fsp3) is 0.533. The van der Waals surface area contributed by atoms with Gasteiger partial charge < -0.3 is 9.88 Å². The Morgan fingerprint density at radius 2 is 2.05 bits per heavy atom. The van der Waals surface area contributed by atoms with E-state index in [0.29, 0.717) is 6.54 Å². The summed E-state index contributed by atoms with van der Waals surface area (Å²) in [6.07, 6.45) is -2.20. The van der Waals surface area contributed by atoms with E-state index in [2.05, 4.69) is 10.3 Å². The van der Waals surface area contributed by atoms with Crippen molar-refractivity contribution in [2.24, 2.45) is 0 Å². The first-order valence-electron chi connectivity index (χ1n) is 7.19. The van der Waals surface area contributed by atoms with Gasteiger partial charge in [-0.3, -0.25) is 0 Å². The summed E-state index contributed by atoms with van der Waals surface area (Å²) in [6, 6.07) is 7.43. The van der Waals surface area contributed by atoms with Crippen molar-refractivity contribution in [1.29, 1.82) is 0 Å². The van der Waals surface area contributed by atoms with Gasteiger partial charge in [-0.05, 0) is 31.5 Å². The molecule has 0 saturated carbocycles. The number of fused-ring (bicyclic) bond motifs is 1. The molecular formula is C15H20F3N3. The monoisotopic (exact) mass is 299 g/mol. The molecule has 0 amide bonds. The molecule has 21 heavy (non-hydrogen) atoms. The second-order valence-corrected chi connectivity index (χ2v) is 5.19. The van der Waals surface area contributed by atoms with E-state index in [0.717, 1.165) is 24.0 Å². The number of nitrogens with one attached hydrogen (secondary N) is 1. The molecule has 1 atom stereocenters. The maximum atomic E-state index is 12.4. The van der Waals surface area contributed by atoms with Crippen molar-refractivity contribution in [2.75, 3.05) is 6.54 Å². The smallest absolute Gasteiger partial charge is 0.329 e. The van der Waals surface area contributed by atoms with Crippen molar-refractivity contribution in [3.05, 3.63) is 30.6 Å². The lowest BCUT2D eigenvalue weighted by Gasteiger charge is -2.20. The summed E-state index contributed by atoms with van der Waals surface area (Å²) in [5.74, 6) is 0. The van der Waals surface area contributed by atoms with E-state index in [1.54, 1.807) is 6.33 Å². The van der Waals surface area contributed by atoms with Crippen LogP contribution in [0.2, 0.25) is 0 Å². The number of alkyl halides is 3. The second-order valence-electron chi connectivity index (χ2n) is 5.19. The average molecular weight is 299 g/mol. The van der Waals surface area contributed by atoms with E-state index in [1.165, 1.54) is 0 Å². The number of rotatable bonds is 7. The minimum absolute atomic E-state index is 0.0794. The summed E-state index contributed by atoms with van der Waals surface area (Å²) < 4.78 is 39.2. The molecule has 0 saturated heterocycles. The third-order valence-corrected chi connectivity index (χ3v) is 3.40. The maximum absolute atomic E-state index is 12.4. The van der Waals surface area contributed by atoms with Crippen LogP contribution < -0.4 is 5.32 Å². The fourth-order valence-corrected chi connectivity index (χ4v) is 2.34. The summed E-state index contributed by atoms with van der Waals surface area (Å²) in [5, 5.41) is 3.20. The Labute approximate surface area is 122 Å². The molecule has 0 radical (unpaired) electrons. The van der Waals surface area contributed by atoms with E-state index in [9.17, 15) is 13.2 Å². The van der Waals surface area contributed by atoms with Gasteiger partial charge in [0.15, 0.2) is 0 Å². The van der Waals surface area contributed by atoms with Crippen LogP contribution >= 0.6 is 0 Å². The highest BCUT2D eigenvalue weighted by Gasteiger charge is 2.28. The van der Waals surface area contributed by atoms with Gasteiger partial charge in [-0.1, -0.05) is 19.1 Å². The summed E-state index contributed by atoms with van der Waals surface area (Å²) in [4.78, 5) is 4.27. The van der Waals surface area contributed by atoms with Gasteiger partial charge in [-0.2, -0.15) is 13.2 Å². The third kappa shape index (κ3) is 4.74. The topological polar surface area (TPSA) is 29.9 Å². The molecule has 0 fully saturated rings. The molecule has 1 aromatic carbocycles. The highest BCUT2D eigenvalue weighted by atomic mass is 19.4. The van der Waals surface area contributed by atoms with Gasteiger partial charge >= 0.3 is 6.18 Å². The summed E-state index contributed by atoms with van der Waals surface area (Å²) in [5.41, 5.74) is 1.82.